The lowest BCUT2D eigenvalue weighted by Crippen LogP contribution is -2.55. The molecule has 35 heavy (non-hydrogen) atoms. The summed E-state index contributed by atoms with van der Waals surface area (Å²) in [5, 5.41) is 10.5. The Balaban J connectivity index is 1.65. The molecule has 4 aliphatic rings. The topological polar surface area (TPSA) is 46.5 Å². The van der Waals surface area contributed by atoms with Gasteiger partial charge in [-0.3, -0.25) is 4.79 Å². The predicted molar refractivity (Wildman–Crippen MR) is 144 cm³/mol. The summed E-state index contributed by atoms with van der Waals surface area (Å²) in [5.41, 5.74) is 1.33. The van der Waals surface area contributed by atoms with Crippen molar-refractivity contribution in [3.8, 4) is 0 Å². The van der Waals surface area contributed by atoms with Crippen LogP contribution in [0.2, 0.25) is 0 Å². The summed E-state index contributed by atoms with van der Waals surface area (Å²) in [5.74, 6) is 3.63. The zero-order valence-corrected chi connectivity index (χ0v) is 24.0. The van der Waals surface area contributed by atoms with Gasteiger partial charge in [0.15, 0.2) is 0 Å². The van der Waals surface area contributed by atoms with Crippen molar-refractivity contribution in [3.05, 3.63) is 11.6 Å². The van der Waals surface area contributed by atoms with E-state index in [2.05, 4.69) is 40.7 Å². The second kappa shape index (κ2) is 9.80. The molecule has 3 heteroatoms. The average Bonchev–Trinajstić information content (AvgIpc) is 3.09. The minimum Gasteiger partial charge on any atom is -0.460 e. The first kappa shape index (κ1) is 27.2. The Kier molecular flexibility index (Phi) is 7.62. The van der Waals surface area contributed by atoms with E-state index in [1.807, 2.05) is 20.8 Å². The van der Waals surface area contributed by atoms with Crippen LogP contribution in [0.5, 0.6) is 0 Å². The standard InChI is InChI=1S/C32H54O3/c1-20(2)10-9-11-21(3)25-12-13-26-28-24(29(34)35-30(4,5)6)19-22-18-23(33)14-16-31(22,7)27(28)15-17-32(25,26)8/h19-21,23-28,33H,9-18H2,1-8H3/t21-,23?,24?,25-,26+,27+,28+,31+,32-/m1/s1. The van der Waals surface area contributed by atoms with Crippen LogP contribution in [0.1, 0.15) is 120 Å². The van der Waals surface area contributed by atoms with Gasteiger partial charge in [0.2, 0.25) is 0 Å². The largest absolute Gasteiger partial charge is 0.460 e. The molecule has 0 bridgehead atoms. The van der Waals surface area contributed by atoms with Crippen LogP contribution in [0.15, 0.2) is 11.6 Å². The molecular weight excluding hydrogens is 432 g/mol. The number of aliphatic hydroxyl groups is 1. The van der Waals surface area contributed by atoms with Crippen molar-refractivity contribution >= 4 is 5.97 Å². The number of fused-ring (bicyclic) bond motifs is 5. The van der Waals surface area contributed by atoms with E-state index in [-0.39, 0.29) is 23.4 Å². The van der Waals surface area contributed by atoms with Crippen molar-refractivity contribution in [2.24, 2.45) is 52.3 Å². The zero-order chi connectivity index (χ0) is 25.8. The monoisotopic (exact) mass is 486 g/mol. The highest BCUT2D eigenvalue weighted by Gasteiger charge is 2.62. The number of hydrogen-bond acceptors (Lipinski definition) is 3. The van der Waals surface area contributed by atoms with Gasteiger partial charge in [0.25, 0.3) is 0 Å². The second-order valence-electron chi connectivity index (χ2n) is 14.9. The van der Waals surface area contributed by atoms with Gasteiger partial charge >= 0.3 is 5.97 Å². The smallest absolute Gasteiger partial charge is 0.313 e. The van der Waals surface area contributed by atoms with Crippen molar-refractivity contribution in [1.82, 2.24) is 0 Å². The Labute approximate surface area is 215 Å². The second-order valence-corrected chi connectivity index (χ2v) is 14.9. The Hall–Kier alpha value is -0.830. The number of ether oxygens (including phenoxy) is 1. The van der Waals surface area contributed by atoms with Gasteiger partial charge in [0.1, 0.15) is 5.60 Å². The summed E-state index contributed by atoms with van der Waals surface area (Å²) in [6.07, 6.45) is 13.8. The van der Waals surface area contributed by atoms with Gasteiger partial charge in [0, 0.05) is 0 Å². The molecule has 0 spiro atoms. The molecular formula is C32H54O3. The van der Waals surface area contributed by atoms with Gasteiger partial charge in [-0.25, -0.2) is 0 Å². The maximum absolute atomic E-state index is 13.7. The summed E-state index contributed by atoms with van der Waals surface area (Å²) in [4.78, 5) is 13.7. The van der Waals surface area contributed by atoms with Crippen LogP contribution in [-0.2, 0) is 9.53 Å². The molecule has 4 rings (SSSR count). The highest BCUT2D eigenvalue weighted by atomic mass is 16.6. The molecule has 2 unspecified atom stereocenters. The number of carbonyl (C=O) groups is 1. The van der Waals surface area contributed by atoms with Crippen molar-refractivity contribution in [2.45, 2.75) is 131 Å². The summed E-state index contributed by atoms with van der Waals surface area (Å²) in [6, 6.07) is 0. The van der Waals surface area contributed by atoms with E-state index in [0.717, 1.165) is 37.0 Å². The molecule has 1 N–H and O–H groups in total. The average molecular weight is 487 g/mol. The first-order chi connectivity index (χ1) is 16.3. The van der Waals surface area contributed by atoms with Crippen LogP contribution >= 0.6 is 0 Å². The first-order valence-corrected chi connectivity index (χ1v) is 14.9. The molecule has 0 saturated heterocycles. The quantitative estimate of drug-likeness (QED) is 0.306. The third kappa shape index (κ3) is 5.14. The Bertz CT molecular complexity index is 806. The Morgan fingerprint density at radius 3 is 2.43 bits per heavy atom. The van der Waals surface area contributed by atoms with Crippen molar-refractivity contribution in [2.75, 3.05) is 0 Å². The third-order valence-electron chi connectivity index (χ3n) is 11.0. The van der Waals surface area contributed by atoms with E-state index >= 15 is 0 Å². The molecule has 3 saturated carbocycles. The van der Waals surface area contributed by atoms with E-state index in [4.69, 9.17) is 4.74 Å². The maximum Gasteiger partial charge on any atom is 0.313 e. The van der Waals surface area contributed by atoms with Crippen molar-refractivity contribution in [3.63, 3.8) is 0 Å². The molecule has 0 aromatic carbocycles. The van der Waals surface area contributed by atoms with Gasteiger partial charge in [-0.05, 0) is 112 Å². The van der Waals surface area contributed by atoms with Crippen LogP contribution < -0.4 is 0 Å². The van der Waals surface area contributed by atoms with E-state index < -0.39 is 5.60 Å². The number of carbonyl (C=O) groups excluding carboxylic acids is 1. The van der Waals surface area contributed by atoms with Gasteiger partial charge in [-0.1, -0.05) is 65.5 Å². The summed E-state index contributed by atoms with van der Waals surface area (Å²) in [7, 11) is 0. The zero-order valence-electron chi connectivity index (χ0n) is 24.0. The predicted octanol–water partition coefficient (Wildman–Crippen LogP) is 7.96. The SMILES string of the molecule is CC(C)CCC[C@@H](C)[C@H]1CC[C@H]2[C@@H]3C(C(=O)OC(C)(C)C)C=C4CC(O)CC[C@]4(C)[C@H]3CC[C@]12C. The van der Waals surface area contributed by atoms with Crippen LogP contribution in [0.25, 0.3) is 0 Å². The fourth-order valence-electron chi connectivity index (χ4n) is 9.28. The molecule has 4 aliphatic carbocycles. The molecule has 0 aliphatic heterocycles. The first-order valence-electron chi connectivity index (χ1n) is 14.9. The minimum atomic E-state index is -0.473. The highest BCUT2D eigenvalue weighted by Crippen LogP contribution is 2.68. The number of aliphatic hydroxyl groups excluding tert-OH is 1. The fraction of sp³-hybridized carbons (Fsp3) is 0.906. The molecule has 0 amide bonds. The molecule has 200 valence electrons. The molecule has 3 fully saturated rings. The van der Waals surface area contributed by atoms with Crippen LogP contribution in [0.4, 0.5) is 0 Å². The lowest BCUT2D eigenvalue weighted by molar-refractivity contribution is -0.167. The van der Waals surface area contributed by atoms with E-state index in [1.165, 1.54) is 50.5 Å². The molecule has 9 atom stereocenters. The Morgan fingerprint density at radius 2 is 1.77 bits per heavy atom. The number of rotatable bonds is 6. The maximum atomic E-state index is 13.7. The van der Waals surface area contributed by atoms with Gasteiger partial charge in [-0.15, -0.1) is 0 Å². The van der Waals surface area contributed by atoms with Crippen molar-refractivity contribution < 1.29 is 14.6 Å². The van der Waals surface area contributed by atoms with E-state index in [9.17, 15) is 9.90 Å². The molecule has 3 nitrogen and oxygen atoms in total. The fourth-order valence-corrected chi connectivity index (χ4v) is 9.28. The molecule has 0 radical (unpaired) electrons. The molecule has 0 heterocycles. The minimum absolute atomic E-state index is 0.0280. The normalized spacial score (nSPS) is 42.1. The van der Waals surface area contributed by atoms with Gasteiger partial charge in [-0.2, -0.15) is 0 Å². The Morgan fingerprint density at radius 1 is 1.06 bits per heavy atom. The van der Waals surface area contributed by atoms with E-state index in [0.29, 0.717) is 23.2 Å². The lowest BCUT2D eigenvalue weighted by Gasteiger charge is -2.60. The summed E-state index contributed by atoms with van der Waals surface area (Å²) < 4.78 is 6.05. The highest BCUT2D eigenvalue weighted by molar-refractivity contribution is 5.76. The van der Waals surface area contributed by atoms with Crippen LogP contribution in [0, 0.1) is 52.3 Å². The van der Waals surface area contributed by atoms with Crippen molar-refractivity contribution in [1.29, 1.82) is 0 Å². The molecule has 0 aromatic rings. The van der Waals surface area contributed by atoms with Gasteiger partial charge < -0.3 is 9.84 Å². The lowest BCUT2D eigenvalue weighted by atomic mass is 9.45. The summed E-state index contributed by atoms with van der Waals surface area (Å²) >= 11 is 0. The third-order valence-corrected chi connectivity index (χ3v) is 11.0. The number of esters is 1. The van der Waals surface area contributed by atoms with Crippen LogP contribution in [-0.4, -0.2) is 22.8 Å². The van der Waals surface area contributed by atoms with Crippen LogP contribution in [0.3, 0.4) is 0 Å². The van der Waals surface area contributed by atoms with E-state index in [1.54, 1.807) is 0 Å². The van der Waals surface area contributed by atoms with Gasteiger partial charge in [0.05, 0.1) is 12.0 Å². The number of hydrogen-bond donors (Lipinski definition) is 1. The molecule has 0 aromatic heterocycles. The summed E-state index contributed by atoms with van der Waals surface area (Å²) in [6.45, 7) is 18.2.